The van der Waals surface area contributed by atoms with E-state index in [4.69, 9.17) is 28.3 Å². The Morgan fingerprint density at radius 1 is 1.00 bits per heavy atom. The van der Waals surface area contributed by atoms with Crippen molar-refractivity contribution < 1.29 is 0 Å². The van der Waals surface area contributed by atoms with Gasteiger partial charge >= 0.3 is 0 Å². The van der Waals surface area contributed by atoms with E-state index in [1.54, 1.807) is 0 Å². The molecule has 0 spiro atoms. The average Bonchev–Trinajstić information content (AvgIpc) is 2.83. The predicted molar refractivity (Wildman–Crippen MR) is 115 cm³/mol. The van der Waals surface area contributed by atoms with Crippen LogP contribution in [0.2, 0.25) is 10.0 Å². The quantitative estimate of drug-likeness (QED) is 0.529. The van der Waals surface area contributed by atoms with Gasteiger partial charge in [0, 0.05) is 17.7 Å². The number of hydrogen-bond donors (Lipinski definition) is 1. The van der Waals surface area contributed by atoms with Crippen LogP contribution >= 0.6 is 23.2 Å². The Bertz CT molecular complexity index is 955. The maximum Gasteiger partial charge on any atom is 0.133 e. The van der Waals surface area contributed by atoms with Crippen LogP contribution in [0, 0.1) is 0 Å². The van der Waals surface area contributed by atoms with Crippen molar-refractivity contribution in [2.45, 2.75) is 39.0 Å². The van der Waals surface area contributed by atoms with Crippen molar-refractivity contribution in [2.75, 3.05) is 11.9 Å². The molecule has 0 unspecified atom stereocenters. The van der Waals surface area contributed by atoms with Crippen LogP contribution in [0.3, 0.4) is 0 Å². The molecule has 27 heavy (non-hydrogen) atoms. The molecule has 0 saturated heterocycles. The molecule has 1 aromatic heterocycles. The lowest BCUT2D eigenvalue weighted by molar-refractivity contribution is 0.776. The number of halogens is 2. The van der Waals surface area contributed by atoms with E-state index in [2.05, 4.69) is 43.4 Å². The second kappa shape index (κ2) is 7.57. The average molecular weight is 400 g/mol. The molecule has 2 heterocycles. The van der Waals surface area contributed by atoms with Gasteiger partial charge in [0.1, 0.15) is 11.5 Å². The summed E-state index contributed by atoms with van der Waals surface area (Å²) in [6.45, 7) is 5.36. The molecule has 4 rings (SSSR count). The number of para-hydroxylation sites is 1. The van der Waals surface area contributed by atoms with Gasteiger partial charge in [0.15, 0.2) is 0 Å². The van der Waals surface area contributed by atoms with E-state index < -0.39 is 0 Å². The van der Waals surface area contributed by atoms with Crippen molar-refractivity contribution in [3.05, 3.63) is 63.6 Å². The highest BCUT2D eigenvalue weighted by Gasteiger charge is 2.25. The van der Waals surface area contributed by atoms with Crippen molar-refractivity contribution in [3.63, 3.8) is 0 Å². The molecule has 5 heteroatoms. The third kappa shape index (κ3) is 3.35. The van der Waals surface area contributed by atoms with Gasteiger partial charge in [-0.2, -0.15) is 5.10 Å². The number of aromatic nitrogens is 2. The monoisotopic (exact) mass is 399 g/mol. The maximum atomic E-state index is 6.53. The van der Waals surface area contributed by atoms with Crippen LogP contribution in [0.1, 0.15) is 43.7 Å². The SMILES string of the molecule is CC(C)c1ccccc1-n1nc(-c2c(Cl)cccc2Cl)c2c1NCCCC2. The second-order valence-electron chi connectivity index (χ2n) is 7.28. The summed E-state index contributed by atoms with van der Waals surface area (Å²) in [4.78, 5) is 0. The summed E-state index contributed by atoms with van der Waals surface area (Å²) in [7, 11) is 0. The zero-order chi connectivity index (χ0) is 19.0. The van der Waals surface area contributed by atoms with Crippen LogP contribution in [0.15, 0.2) is 42.5 Å². The lowest BCUT2D eigenvalue weighted by Gasteiger charge is -2.15. The zero-order valence-corrected chi connectivity index (χ0v) is 17.1. The summed E-state index contributed by atoms with van der Waals surface area (Å²) >= 11 is 13.1. The summed E-state index contributed by atoms with van der Waals surface area (Å²) in [6, 6.07) is 14.1. The van der Waals surface area contributed by atoms with Gasteiger partial charge in [-0.25, -0.2) is 4.68 Å². The number of benzene rings is 2. The van der Waals surface area contributed by atoms with Crippen molar-refractivity contribution in [1.82, 2.24) is 9.78 Å². The van der Waals surface area contributed by atoms with Crippen molar-refractivity contribution >= 4 is 29.0 Å². The molecule has 0 radical (unpaired) electrons. The largest absolute Gasteiger partial charge is 0.370 e. The fourth-order valence-corrected chi connectivity index (χ4v) is 4.35. The molecule has 0 atom stereocenters. The molecule has 0 aliphatic carbocycles. The van der Waals surface area contributed by atoms with Crippen LogP contribution in [0.4, 0.5) is 5.82 Å². The van der Waals surface area contributed by atoms with E-state index in [1.165, 1.54) is 11.1 Å². The Morgan fingerprint density at radius 3 is 2.48 bits per heavy atom. The summed E-state index contributed by atoms with van der Waals surface area (Å²) in [5.74, 6) is 1.46. The number of nitrogens with one attached hydrogen (secondary N) is 1. The fourth-order valence-electron chi connectivity index (χ4n) is 3.77. The lowest BCUT2D eigenvalue weighted by Crippen LogP contribution is -2.09. The van der Waals surface area contributed by atoms with Crippen LogP contribution in [-0.4, -0.2) is 16.3 Å². The molecule has 1 aliphatic rings. The third-order valence-electron chi connectivity index (χ3n) is 5.12. The molecular formula is C22H23Cl2N3. The highest BCUT2D eigenvalue weighted by molar-refractivity contribution is 6.39. The van der Waals surface area contributed by atoms with Gasteiger partial charge in [-0.15, -0.1) is 0 Å². The smallest absolute Gasteiger partial charge is 0.133 e. The summed E-state index contributed by atoms with van der Waals surface area (Å²) in [5, 5.41) is 9.90. The zero-order valence-electron chi connectivity index (χ0n) is 15.6. The number of hydrogen-bond acceptors (Lipinski definition) is 2. The minimum Gasteiger partial charge on any atom is -0.370 e. The highest BCUT2D eigenvalue weighted by Crippen LogP contribution is 2.41. The summed E-state index contributed by atoms with van der Waals surface area (Å²) < 4.78 is 2.05. The molecule has 140 valence electrons. The number of fused-ring (bicyclic) bond motifs is 1. The number of anilines is 1. The topological polar surface area (TPSA) is 29.9 Å². The van der Waals surface area contributed by atoms with Crippen molar-refractivity contribution in [1.29, 1.82) is 0 Å². The van der Waals surface area contributed by atoms with Crippen molar-refractivity contribution in [3.8, 4) is 16.9 Å². The Hall–Kier alpha value is -1.97. The van der Waals surface area contributed by atoms with Gasteiger partial charge < -0.3 is 5.32 Å². The highest BCUT2D eigenvalue weighted by atomic mass is 35.5. The maximum absolute atomic E-state index is 6.53. The third-order valence-corrected chi connectivity index (χ3v) is 5.75. The van der Waals surface area contributed by atoms with E-state index in [-0.39, 0.29) is 0 Å². The van der Waals surface area contributed by atoms with Gasteiger partial charge in [0.2, 0.25) is 0 Å². The van der Waals surface area contributed by atoms with Crippen molar-refractivity contribution in [2.24, 2.45) is 0 Å². The van der Waals surface area contributed by atoms with E-state index in [0.717, 1.165) is 48.6 Å². The molecule has 3 nitrogen and oxygen atoms in total. The van der Waals surface area contributed by atoms with E-state index >= 15 is 0 Å². The Balaban J connectivity index is 1.99. The summed E-state index contributed by atoms with van der Waals surface area (Å²) in [5.41, 5.74) is 5.27. The first-order valence-corrected chi connectivity index (χ1v) is 10.2. The molecule has 0 bridgehead atoms. The van der Waals surface area contributed by atoms with E-state index in [0.29, 0.717) is 16.0 Å². The normalized spacial score (nSPS) is 14.0. The lowest BCUT2D eigenvalue weighted by atomic mass is 10.0. The van der Waals surface area contributed by atoms with Gasteiger partial charge in [0.05, 0.1) is 15.7 Å². The van der Waals surface area contributed by atoms with E-state index in [1.807, 2.05) is 22.9 Å². The first-order valence-electron chi connectivity index (χ1n) is 9.47. The Labute approximate surface area is 170 Å². The molecule has 2 aromatic carbocycles. The first-order chi connectivity index (χ1) is 13.1. The Kier molecular flexibility index (Phi) is 5.16. The van der Waals surface area contributed by atoms with Gasteiger partial charge in [-0.3, -0.25) is 0 Å². The molecule has 1 aliphatic heterocycles. The molecule has 0 amide bonds. The van der Waals surface area contributed by atoms with Crippen LogP contribution < -0.4 is 5.32 Å². The van der Waals surface area contributed by atoms with Crippen LogP contribution in [0.5, 0.6) is 0 Å². The molecule has 0 saturated carbocycles. The standard InChI is InChI=1S/C22H23Cl2N3/c1-14(2)15-8-3-4-12-19(15)27-22-16(9-5-6-13-25-22)21(26-27)20-17(23)10-7-11-18(20)24/h3-4,7-8,10-12,14,25H,5-6,9,13H2,1-2H3. The number of rotatable bonds is 3. The molecule has 3 aromatic rings. The van der Waals surface area contributed by atoms with Gasteiger partial charge in [-0.05, 0) is 48.9 Å². The van der Waals surface area contributed by atoms with E-state index in [9.17, 15) is 0 Å². The number of nitrogens with zero attached hydrogens (tertiary/aromatic N) is 2. The first kappa shape index (κ1) is 18.4. The van der Waals surface area contributed by atoms with Gasteiger partial charge in [0.25, 0.3) is 0 Å². The molecule has 1 N–H and O–H groups in total. The fraction of sp³-hybridized carbons (Fsp3) is 0.318. The molecule has 0 fully saturated rings. The molecular weight excluding hydrogens is 377 g/mol. The van der Waals surface area contributed by atoms with Gasteiger partial charge in [-0.1, -0.05) is 61.3 Å². The van der Waals surface area contributed by atoms with Crippen LogP contribution in [0.25, 0.3) is 16.9 Å². The Morgan fingerprint density at radius 2 is 1.74 bits per heavy atom. The minimum absolute atomic E-state index is 0.402. The minimum atomic E-state index is 0.402. The second-order valence-corrected chi connectivity index (χ2v) is 8.10. The summed E-state index contributed by atoms with van der Waals surface area (Å²) in [6.07, 6.45) is 3.21. The predicted octanol–water partition coefficient (Wildman–Crippen LogP) is 6.72. The van der Waals surface area contributed by atoms with Crippen LogP contribution in [-0.2, 0) is 6.42 Å².